The molecule has 2 rings (SSSR count). The Labute approximate surface area is 247 Å². The first kappa shape index (κ1) is 34.4. The van der Waals surface area contributed by atoms with Crippen molar-refractivity contribution in [2.45, 2.75) is 65.0 Å². The van der Waals surface area contributed by atoms with Crippen molar-refractivity contribution < 1.29 is 39.1 Å². The lowest BCUT2D eigenvalue weighted by Crippen LogP contribution is -2.37. The zero-order chi connectivity index (χ0) is 31.6. The number of phenolic OH excluding ortho intramolecular Hbond substituents is 2. The van der Waals surface area contributed by atoms with Gasteiger partial charge in [0.1, 0.15) is 17.6 Å². The number of aliphatic hydroxyl groups excluding tert-OH is 1. The summed E-state index contributed by atoms with van der Waals surface area (Å²) in [5, 5.41) is 39.1. The van der Waals surface area contributed by atoms with Crippen LogP contribution in [0.3, 0.4) is 0 Å². The summed E-state index contributed by atoms with van der Waals surface area (Å²) in [5.41, 5.74) is 7.01. The van der Waals surface area contributed by atoms with Crippen molar-refractivity contribution in [1.82, 2.24) is 0 Å². The summed E-state index contributed by atoms with van der Waals surface area (Å²) in [6.07, 6.45) is 4.64. The number of nitrogens with one attached hydrogen (secondary N) is 2. The van der Waals surface area contributed by atoms with Crippen LogP contribution in [-0.2, 0) is 25.4 Å². The molecule has 1 aromatic carbocycles. The molecule has 0 spiro atoms. The molecular weight excluding hydrogens is 542 g/mol. The fraction of sp³-hybridized carbons (Fsp3) is 0.484. The van der Waals surface area contributed by atoms with Gasteiger partial charge in [0.2, 0.25) is 0 Å². The fourth-order valence-corrected chi connectivity index (χ4v) is 4.98. The molecule has 11 nitrogen and oxygen atoms in total. The lowest BCUT2D eigenvalue weighted by molar-refractivity contribution is -0.112. The SMILES string of the molecule is C=CCNc1c(O)cc2c(O)c1CC(C)C[C@H](OC)[C@H](O)[C@@H](C)C=C(C)[C@H](OC(N)=O)[C@@H](OC)C=CC=C(C)C(=O)N2. The molecule has 1 aliphatic rings. The fourth-order valence-electron chi connectivity index (χ4n) is 4.98. The van der Waals surface area contributed by atoms with Crippen molar-refractivity contribution in [3.63, 3.8) is 0 Å². The van der Waals surface area contributed by atoms with E-state index in [-0.39, 0.29) is 23.1 Å². The number of amides is 2. The number of carbonyl (C=O) groups is 2. The number of benzene rings is 1. The smallest absolute Gasteiger partial charge is 0.405 e. The minimum Gasteiger partial charge on any atom is -0.506 e. The van der Waals surface area contributed by atoms with E-state index in [2.05, 4.69) is 17.2 Å². The molecule has 1 unspecified atom stereocenters. The quantitative estimate of drug-likeness (QED) is 0.162. The zero-order valence-electron chi connectivity index (χ0n) is 25.2. The van der Waals surface area contributed by atoms with Gasteiger partial charge in [-0.15, -0.1) is 6.58 Å². The minimum absolute atomic E-state index is 0.0416. The molecule has 0 saturated heterocycles. The Hall–Kier alpha value is -3.80. The molecule has 0 aromatic heterocycles. The maximum Gasteiger partial charge on any atom is 0.405 e. The van der Waals surface area contributed by atoms with E-state index in [4.69, 9.17) is 19.9 Å². The van der Waals surface area contributed by atoms with Crippen molar-refractivity contribution >= 4 is 23.4 Å². The van der Waals surface area contributed by atoms with Crippen molar-refractivity contribution in [2.75, 3.05) is 31.4 Å². The molecular formula is C31H45N3O8. The molecule has 2 bridgehead atoms. The van der Waals surface area contributed by atoms with Gasteiger partial charge in [-0.1, -0.05) is 44.2 Å². The van der Waals surface area contributed by atoms with E-state index in [9.17, 15) is 24.9 Å². The summed E-state index contributed by atoms with van der Waals surface area (Å²) in [4.78, 5) is 24.7. The number of hydrogen-bond donors (Lipinski definition) is 6. The number of rotatable bonds is 6. The van der Waals surface area contributed by atoms with Crippen LogP contribution in [-0.4, -0.2) is 72.5 Å². The first-order valence-electron chi connectivity index (χ1n) is 13.8. The van der Waals surface area contributed by atoms with Gasteiger partial charge in [0.25, 0.3) is 5.91 Å². The molecule has 0 saturated carbocycles. The van der Waals surface area contributed by atoms with Crippen LogP contribution < -0.4 is 16.4 Å². The third kappa shape index (κ3) is 9.10. The van der Waals surface area contributed by atoms with E-state index in [1.807, 2.05) is 13.8 Å². The Morgan fingerprint density at radius 3 is 2.52 bits per heavy atom. The molecule has 7 N–H and O–H groups in total. The van der Waals surface area contributed by atoms with E-state index in [0.717, 1.165) is 0 Å². The second-order valence-corrected chi connectivity index (χ2v) is 10.6. The number of anilines is 2. The molecule has 0 aliphatic carbocycles. The number of fused-ring (bicyclic) bond motifs is 2. The Kier molecular flexibility index (Phi) is 13.1. The van der Waals surface area contributed by atoms with Crippen molar-refractivity contribution in [3.05, 3.63) is 59.7 Å². The summed E-state index contributed by atoms with van der Waals surface area (Å²) >= 11 is 0. The highest BCUT2D eigenvalue weighted by Crippen LogP contribution is 2.42. The predicted octanol–water partition coefficient (Wildman–Crippen LogP) is 4.16. The first-order valence-corrected chi connectivity index (χ1v) is 13.8. The lowest BCUT2D eigenvalue weighted by Gasteiger charge is -2.29. The van der Waals surface area contributed by atoms with Gasteiger partial charge in [-0.05, 0) is 38.2 Å². The van der Waals surface area contributed by atoms with E-state index in [1.165, 1.54) is 26.4 Å². The van der Waals surface area contributed by atoms with Crippen LogP contribution in [0.25, 0.3) is 0 Å². The van der Waals surface area contributed by atoms with E-state index in [0.29, 0.717) is 41.8 Å². The number of primary amides is 1. The normalized spacial score (nSPS) is 26.0. The molecule has 6 atom stereocenters. The van der Waals surface area contributed by atoms with Gasteiger partial charge >= 0.3 is 6.09 Å². The van der Waals surface area contributed by atoms with Crippen molar-refractivity contribution in [2.24, 2.45) is 17.6 Å². The van der Waals surface area contributed by atoms with E-state index < -0.39 is 42.3 Å². The molecule has 0 radical (unpaired) electrons. The standard InChI is InChI=1S/C31H45N3O8/c1-8-12-33-26-21-13-17(2)14-25(41-7)27(36)19(4)15-20(5)29(42-31(32)39)24(40-6)11-9-10-18(3)30(38)34-22(28(21)37)16-23(26)35/h8-11,15-17,19,24-25,27,29,33,35-37H,1,12-14H2,2-7H3,(H2,32,39)(H,34,38)/t17?,19-,24-,25-,27+,29-/m0/s1. The van der Waals surface area contributed by atoms with Gasteiger partial charge in [-0.2, -0.15) is 0 Å². The number of phenols is 2. The number of ether oxygens (including phenoxy) is 3. The molecule has 1 heterocycles. The summed E-state index contributed by atoms with van der Waals surface area (Å²) in [6.45, 7) is 11.1. The molecule has 0 fully saturated rings. The third-order valence-electron chi connectivity index (χ3n) is 7.25. The van der Waals surface area contributed by atoms with Crippen LogP contribution in [0.5, 0.6) is 11.5 Å². The van der Waals surface area contributed by atoms with E-state index in [1.54, 1.807) is 38.2 Å². The number of aromatic hydroxyl groups is 2. The van der Waals surface area contributed by atoms with Gasteiger partial charge in [0.05, 0.1) is 23.6 Å². The monoisotopic (exact) mass is 587 g/mol. The number of nitrogens with two attached hydrogens (primary N) is 1. The second-order valence-electron chi connectivity index (χ2n) is 10.6. The molecule has 1 aromatic rings. The Balaban J connectivity index is 2.67. The van der Waals surface area contributed by atoms with Crippen LogP contribution in [0, 0.1) is 11.8 Å². The topological polar surface area (TPSA) is 173 Å². The predicted molar refractivity (Wildman–Crippen MR) is 162 cm³/mol. The van der Waals surface area contributed by atoms with Gasteiger partial charge in [-0.25, -0.2) is 4.79 Å². The first-order chi connectivity index (χ1) is 19.8. The largest absolute Gasteiger partial charge is 0.506 e. The summed E-state index contributed by atoms with van der Waals surface area (Å²) in [6, 6.07) is 1.28. The molecule has 42 heavy (non-hydrogen) atoms. The Morgan fingerprint density at radius 1 is 1.24 bits per heavy atom. The summed E-state index contributed by atoms with van der Waals surface area (Å²) < 4.78 is 16.6. The van der Waals surface area contributed by atoms with Crippen LogP contribution in [0.1, 0.15) is 39.7 Å². The van der Waals surface area contributed by atoms with Crippen molar-refractivity contribution in [1.29, 1.82) is 0 Å². The summed E-state index contributed by atoms with van der Waals surface area (Å²) in [7, 11) is 2.95. The number of carbonyl (C=O) groups excluding carboxylic acids is 2. The van der Waals surface area contributed by atoms with Gasteiger partial charge < -0.3 is 45.9 Å². The Morgan fingerprint density at radius 2 is 1.93 bits per heavy atom. The van der Waals surface area contributed by atoms with Crippen LogP contribution in [0.4, 0.5) is 16.2 Å². The van der Waals surface area contributed by atoms with E-state index >= 15 is 0 Å². The second kappa shape index (κ2) is 16.0. The van der Waals surface area contributed by atoms with Gasteiger partial charge in [0.15, 0.2) is 6.10 Å². The third-order valence-corrected chi connectivity index (χ3v) is 7.25. The molecule has 2 amide bonds. The minimum atomic E-state index is -0.990. The van der Waals surface area contributed by atoms with Gasteiger partial charge in [0, 0.05) is 43.9 Å². The van der Waals surface area contributed by atoms with Crippen LogP contribution in [0.2, 0.25) is 0 Å². The number of hydrogen-bond acceptors (Lipinski definition) is 9. The number of allylic oxidation sites excluding steroid dienone is 2. The average molecular weight is 588 g/mol. The average Bonchev–Trinajstić information content (AvgIpc) is 2.94. The lowest BCUT2D eigenvalue weighted by atomic mass is 9.87. The van der Waals surface area contributed by atoms with Crippen LogP contribution in [0.15, 0.2) is 54.2 Å². The zero-order valence-corrected chi connectivity index (χ0v) is 25.2. The highest BCUT2D eigenvalue weighted by atomic mass is 16.6. The maximum atomic E-state index is 13.0. The summed E-state index contributed by atoms with van der Waals surface area (Å²) in [5.74, 6) is -1.41. The maximum absolute atomic E-state index is 13.0. The van der Waals surface area contributed by atoms with Crippen molar-refractivity contribution in [3.8, 4) is 11.5 Å². The molecule has 232 valence electrons. The van der Waals surface area contributed by atoms with Crippen LogP contribution >= 0.6 is 0 Å². The molecule has 11 heteroatoms. The number of methoxy groups -OCH3 is 2. The highest BCUT2D eigenvalue weighted by Gasteiger charge is 2.30. The van der Waals surface area contributed by atoms with Gasteiger partial charge in [-0.3, -0.25) is 4.79 Å². The Bertz CT molecular complexity index is 1210. The molecule has 1 aliphatic heterocycles. The number of aliphatic hydroxyl groups is 1. The highest BCUT2D eigenvalue weighted by molar-refractivity contribution is 6.04.